The average molecular weight is 314 g/mol. The Hall–Kier alpha value is -0.670. The lowest BCUT2D eigenvalue weighted by atomic mass is 10.1. The van der Waals surface area contributed by atoms with E-state index in [9.17, 15) is 4.39 Å². The van der Waals surface area contributed by atoms with E-state index in [0.717, 1.165) is 18.5 Å². The fourth-order valence-electron chi connectivity index (χ4n) is 1.49. The number of hydrogen-bond acceptors (Lipinski definition) is 1. The Morgan fingerprint density at radius 2 is 2.06 bits per heavy atom. The van der Waals surface area contributed by atoms with Crippen LogP contribution in [0, 0.1) is 5.82 Å². The smallest absolute Gasteiger partial charge is 0.137 e. The first-order valence-electron chi connectivity index (χ1n) is 6.21. The molecule has 0 saturated carbocycles. The van der Waals surface area contributed by atoms with Crippen LogP contribution in [-0.4, -0.2) is 12.1 Å². The van der Waals surface area contributed by atoms with Crippen molar-refractivity contribution in [3.8, 4) is 0 Å². The first-order valence-corrected chi connectivity index (χ1v) is 7.00. The maximum atomic E-state index is 13.1. The Morgan fingerprint density at radius 1 is 1.39 bits per heavy atom. The minimum Gasteiger partial charge on any atom is -0.308 e. The lowest BCUT2D eigenvalue weighted by Crippen LogP contribution is -2.36. The van der Waals surface area contributed by atoms with Crippen LogP contribution in [0.25, 0.3) is 6.08 Å². The van der Waals surface area contributed by atoms with Crippen molar-refractivity contribution in [3.63, 3.8) is 0 Å². The lowest BCUT2D eigenvalue weighted by Gasteiger charge is -2.21. The van der Waals surface area contributed by atoms with Gasteiger partial charge < -0.3 is 5.32 Å². The lowest BCUT2D eigenvalue weighted by molar-refractivity contribution is 0.443. The Morgan fingerprint density at radius 3 is 2.56 bits per heavy atom. The molecule has 0 unspecified atom stereocenters. The molecule has 0 aliphatic rings. The van der Waals surface area contributed by atoms with E-state index in [1.54, 1.807) is 6.07 Å². The van der Waals surface area contributed by atoms with Gasteiger partial charge in [-0.05, 0) is 60.8 Å². The van der Waals surface area contributed by atoms with E-state index in [-0.39, 0.29) is 11.4 Å². The van der Waals surface area contributed by atoms with Crippen LogP contribution in [0.3, 0.4) is 0 Å². The molecule has 0 spiro atoms. The van der Waals surface area contributed by atoms with Gasteiger partial charge in [0.05, 0.1) is 4.47 Å². The Bertz CT molecular complexity index is 433. The van der Waals surface area contributed by atoms with Gasteiger partial charge in [-0.25, -0.2) is 4.39 Å². The predicted molar refractivity (Wildman–Crippen MR) is 80.1 cm³/mol. The zero-order valence-corrected chi connectivity index (χ0v) is 13.1. The van der Waals surface area contributed by atoms with Crippen molar-refractivity contribution in [2.45, 2.75) is 39.7 Å². The third-order valence-corrected chi connectivity index (χ3v) is 3.22. The van der Waals surface area contributed by atoms with Crippen molar-refractivity contribution in [1.29, 1.82) is 0 Å². The molecule has 1 aromatic carbocycles. The zero-order chi connectivity index (χ0) is 13.8. The van der Waals surface area contributed by atoms with E-state index in [1.165, 1.54) is 11.6 Å². The summed E-state index contributed by atoms with van der Waals surface area (Å²) in [5.74, 6) is -0.224. The number of rotatable bonds is 4. The zero-order valence-electron chi connectivity index (χ0n) is 11.5. The van der Waals surface area contributed by atoms with Crippen molar-refractivity contribution >= 4 is 22.0 Å². The van der Waals surface area contributed by atoms with Crippen molar-refractivity contribution < 1.29 is 4.39 Å². The summed E-state index contributed by atoms with van der Waals surface area (Å²) in [4.78, 5) is 0. The van der Waals surface area contributed by atoms with E-state index in [0.29, 0.717) is 4.47 Å². The summed E-state index contributed by atoms with van der Waals surface area (Å²) < 4.78 is 13.7. The molecule has 0 radical (unpaired) electrons. The molecule has 0 aliphatic carbocycles. The van der Waals surface area contributed by atoms with Crippen LogP contribution in [0.2, 0.25) is 0 Å². The van der Waals surface area contributed by atoms with E-state index in [1.807, 2.05) is 6.07 Å². The van der Waals surface area contributed by atoms with Gasteiger partial charge in [0, 0.05) is 12.1 Å². The molecule has 100 valence electrons. The summed E-state index contributed by atoms with van der Waals surface area (Å²) in [5, 5.41) is 3.47. The third-order valence-electron chi connectivity index (χ3n) is 2.61. The SMILES string of the molecule is CCC(=Cc1ccc(F)c(Br)c1)CNC(C)(C)C. The quantitative estimate of drug-likeness (QED) is 0.844. The second-order valence-corrected chi connectivity index (χ2v) is 6.29. The summed E-state index contributed by atoms with van der Waals surface area (Å²) in [6.45, 7) is 9.43. The second-order valence-electron chi connectivity index (χ2n) is 5.43. The van der Waals surface area contributed by atoms with Gasteiger partial charge in [0.25, 0.3) is 0 Å². The Kier molecular flexibility index (Phi) is 5.54. The van der Waals surface area contributed by atoms with E-state index < -0.39 is 0 Å². The van der Waals surface area contributed by atoms with Crippen LogP contribution >= 0.6 is 15.9 Å². The van der Waals surface area contributed by atoms with Gasteiger partial charge in [-0.1, -0.05) is 24.6 Å². The normalized spacial score (nSPS) is 12.9. The highest BCUT2D eigenvalue weighted by atomic mass is 79.9. The first-order chi connectivity index (χ1) is 8.31. The monoisotopic (exact) mass is 313 g/mol. The number of benzene rings is 1. The van der Waals surface area contributed by atoms with Gasteiger partial charge in [-0.3, -0.25) is 0 Å². The summed E-state index contributed by atoms with van der Waals surface area (Å²) in [5.41, 5.74) is 2.44. The van der Waals surface area contributed by atoms with Crippen LogP contribution in [0.1, 0.15) is 39.7 Å². The van der Waals surface area contributed by atoms with E-state index in [2.05, 4.69) is 55.0 Å². The molecular formula is C15H21BrFN. The topological polar surface area (TPSA) is 12.0 Å². The number of hydrogen-bond donors (Lipinski definition) is 1. The second kappa shape index (κ2) is 6.48. The van der Waals surface area contributed by atoms with Crippen LogP contribution in [0.15, 0.2) is 28.2 Å². The highest BCUT2D eigenvalue weighted by molar-refractivity contribution is 9.10. The largest absolute Gasteiger partial charge is 0.308 e. The van der Waals surface area contributed by atoms with Crippen molar-refractivity contribution in [1.82, 2.24) is 5.32 Å². The van der Waals surface area contributed by atoms with Gasteiger partial charge in [-0.15, -0.1) is 0 Å². The maximum Gasteiger partial charge on any atom is 0.137 e. The molecule has 1 nitrogen and oxygen atoms in total. The van der Waals surface area contributed by atoms with Gasteiger partial charge in [0.1, 0.15) is 5.82 Å². The van der Waals surface area contributed by atoms with Crippen molar-refractivity contribution in [3.05, 3.63) is 39.6 Å². The molecule has 0 aromatic heterocycles. The average Bonchev–Trinajstić information content (AvgIpc) is 2.28. The van der Waals surface area contributed by atoms with Crippen molar-refractivity contribution in [2.24, 2.45) is 0 Å². The molecule has 1 rings (SSSR count). The molecule has 0 saturated heterocycles. The molecular weight excluding hydrogens is 293 g/mol. The molecule has 0 heterocycles. The Balaban J connectivity index is 2.80. The molecule has 0 atom stereocenters. The predicted octanol–water partition coefficient (Wildman–Crippen LogP) is 4.77. The molecule has 0 bridgehead atoms. The minimum absolute atomic E-state index is 0.109. The summed E-state index contributed by atoms with van der Waals surface area (Å²) >= 11 is 3.21. The highest BCUT2D eigenvalue weighted by Gasteiger charge is 2.09. The van der Waals surface area contributed by atoms with Crippen LogP contribution < -0.4 is 5.32 Å². The van der Waals surface area contributed by atoms with Crippen LogP contribution in [-0.2, 0) is 0 Å². The van der Waals surface area contributed by atoms with Gasteiger partial charge in [0.15, 0.2) is 0 Å². The Labute approximate surface area is 118 Å². The highest BCUT2D eigenvalue weighted by Crippen LogP contribution is 2.19. The number of nitrogens with one attached hydrogen (secondary N) is 1. The molecule has 0 fully saturated rings. The van der Waals surface area contributed by atoms with E-state index in [4.69, 9.17) is 0 Å². The summed E-state index contributed by atoms with van der Waals surface area (Å²) in [6, 6.07) is 5.09. The van der Waals surface area contributed by atoms with E-state index >= 15 is 0 Å². The summed E-state index contributed by atoms with van der Waals surface area (Å²) in [6.07, 6.45) is 3.10. The maximum absolute atomic E-state index is 13.1. The van der Waals surface area contributed by atoms with Crippen molar-refractivity contribution in [2.75, 3.05) is 6.54 Å². The van der Waals surface area contributed by atoms with Gasteiger partial charge in [-0.2, -0.15) is 0 Å². The standard InChI is InChI=1S/C15H21BrFN/c1-5-11(10-18-15(2,3)4)8-12-6-7-14(17)13(16)9-12/h6-9,18H,5,10H2,1-4H3. The molecule has 1 aromatic rings. The molecule has 1 N–H and O–H groups in total. The van der Waals surface area contributed by atoms with Crippen LogP contribution in [0.4, 0.5) is 4.39 Å². The third kappa shape index (κ3) is 5.32. The molecule has 0 amide bonds. The molecule has 18 heavy (non-hydrogen) atoms. The molecule has 0 aliphatic heterocycles. The fraction of sp³-hybridized carbons (Fsp3) is 0.467. The first kappa shape index (κ1) is 15.4. The molecule has 3 heteroatoms. The number of halogens is 2. The minimum atomic E-state index is -0.224. The van der Waals surface area contributed by atoms with Gasteiger partial charge >= 0.3 is 0 Å². The van der Waals surface area contributed by atoms with Crippen LogP contribution in [0.5, 0.6) is 0 Å². The summed E-state index contributed by atoms with van der Waals surface area (Å²) in [7, 11) is 0. The van der Waals surface area contributed by atoms with Gasteiger partial charge in [0.2, 0.25) is 0 Å². The fourth-order valence-corrected chi connectivity index (χ4v) is 1.89.